The maximum absolute atomic E-state index is 10.9. The van der Waals surface area contributed by atoms with Gasteiger partial charge in [0.1, 0.15) is 11.5 Å². The van der Waals surface area contributed by atoms with Crippen LogP contribution >= 0.6 is 0 Å². The lowest BCUT2D eigenvalue weighted by atomic mass is 10.1. The van der Waals surface area contributed by atoms with E-state index >= 15 is 0 Å². The number of carboxylic acid groups (broad SMARTS) is 1. The van der Waals surface area contributed by atoms with Crippen LogP contribution in [0.1, 0.15) is 10.4 Å². The Morgan fingerprint density at radius 1 is 1.38 bits per heavy atom. The molecule has 0 radical (unpaired) electrons. The maximum Gasteiger partial charge on any atom is 0.346 e. The highest BCUT2D eigenvalue weighted by Gasteiger charge is 2.26. The third-order valence-corrected chi connectivity index (χ3v) is 1.92. The lowest BCUT2D eigenvalue weighted by Gasteiger charge is -2.07. The first-order chi connectivity index (χ1) is 7.51. The Bertz CT molecular complexity index is 442. The van der Waals surface area contributed by atoms with Crippen LogP contribution < -0.4 is 9.47 Å². The average Bonchev–Trinajstić information content (AvgIpc) is 2.26. The van der Waals surface area contributed by atoms with E-state index in [1.165, 1.54) is 20.3 Å². The lowest BCUT2D eigenvalue weighted by Crippen LogP contribution is -2.06. The van der Waals surface area contributed by atoms with Gasteiger partial charge in [-0.25, -0.2) is 4.79 Å². The number of carbonyl (C=O) groups is 1. The van der Waals surface area contributed by atoms with Crippen LogP contribution in [0.5, 0.6) is 11.5 Å². The van der Waals surface area contributed by atoms with E-state index in [2.05, 4.69) is 0 Å². The van der Waals surface area contributed by atoms with Crippen molar-refractivity contribution in [2.24, 2.45) is 0 Å². The fourth-order valence-electron chi connectivity index (χ4n) is 1.21. The van der Waals surface area contributed by atoms with Gasteiger partial charge in [-0.2, -0.15) is 0 Å². The zero-order chi connectivity index (χ0) is 12.3. The van der Waals surface area contributed by atoms with Crippen molar-refractivity contribution in [1.82, 2.24) is 0 Å². The molecular formula is C9H9NO6. The molecule has 0 aromatic heterocycles. The Morgan fingerprint density at radius 2 is 2.00 bits per heavy atom. The Kier molecular flexibility index (Phi) is 3.29. The summed E-state index contributed by atoms with van der Waals surface area (Å²) in [5, 5.41) is 19.6. The van der Waals surface area contributed by atoms with Crippen LogP contribution in [-0.4, -0.2) is 30.2 Å². The minimum atomic E-state index is -1.42. The van der Waals surface area contributed by atoms with E-state index < -0.39 is 22.1 Å². The van der Waals surface area contributed by atoms with Gasteiger partial charge in [0, 0.05) is 6.07 Å². The van der Waals surface area contributed by atoms with E-state index in [0.29, 0.717) is 0 Å². The van der Waals surface area contributed by atoms with E-state index in [-0.39, 0.29) is 11.5 Å². The van der Waals surface area contributed by atoms with E-state index in [4.69, 9.17) is 14.6 Å². The van der Waals surface area contributed by atoms with Crippen LogP contribution in [0.3, 0.4) is 0 Å². The minimum absolute atomic E-state index is 0.112. The largest absolute Gasteiger partial charge is 0.496 e. The van der Waals surface area contributed by atoms with Crippen molar-refractivity contribution in [1.29, 1.82) is 0 Å². The molecule has 7 nitrogen and oxygen atoms in total. The number of aromatic carboxylic acids is 1. The Balaban J connectivity index is 3.53. The first-order valence-corrected chi connectivity index (χ1v) is 4.15. The summed E-state index contributed by atoms with van der Waals surface area (Å²) in [6, 6.07) is 2.31. The Morgan fingerprint density at radius 3 is 2.38 bits per heavy atom. The minimum Gasteiger partial charge on any atom is -0.496 e. The molecule has 0 unspecified atom stereocenters. The molecule has 1 aromatic rings. The van der Waals surface area contributed by atoms with Gasteiger partial charge in [0.25, 0.3) is 5.69 Å². The van der Waals surface area contributed by atoms with E-state index in [9.17, 15) is 14.9 Å². The molecule has 1 rings (SSSR count). The van der Waals surface area contributed by atoms with Gasteiger partial charge >= 0.3 is 5.97 Å². The number of hydrogen-bond acceptors (Lipinski definition) is 5. The number of rotatable bonds is 4. The van der Waals surface area contributed by atoms with Crippen LogP contribution in [0, 0.1) is 10.1 Å². The third kappa shape index (κ3) is 2.02. The summed E-state index contributed by atoms with van der Waals surface area (Å²) >= 11 is 0. The van der Waals surface area contributed by atoms with Crippen LogP contribution in [0.2, 0.25) is 0 Å². The number of carboxylic acids is 1. The van der Waals surface area contributed by atoms with Crippen molar-refractivity contribution in [2.75, 3.05) is 14.2 Å². The number of nitro groups is 1. The quantitative estimate of drug-likeness (QED) is 0.614. The smallest absolute Gasteiger partial charge is 0.346 e. The second kappa shape index (κ2) is 4.47. The van der Waals surface area contributed by atoms with Crippen molar-refractivity contribution >= 4 is 11.7 Å². The molecule has 0 bridgehead atoms. The summed E-state index contributed by atoms with van der Waals surface area (Å²) in [5.41, 5.74) is -1.06. The van der Waals surface area contributed by atoms with E-state index in [1.807, 2.05) is 0 Å². The molecule has 0 aliphatic heterocycles. The number of methoxy groups -OCH3 is 2. The van der Waals surface area contributed by atoms with Gasteiger partial charge in [0.2, 0.25) is 0 Å². The van der Waals surface area contributed by atoms with Gasteiger partial charge in [-0.1, -0.05) is 0 Å². The number of nitrogens with zero attached hydrogens (tertiary/aromatic N) is 1. The van der Waals surface area contributed by atoms with Crippen molar-refractivity contribution < 1.29 is 24.3 Å². The molecule has 86 valence electrons. The first-order valence-electron chi connectivity index (χ1n) is 4.15. The van der Waals surface area contributed by atoms with Crippen molar-refractivity contribution in [2.45, 2.75) is 0 Å². The zero-order valence-electron chi connectivity index (χ0n) is 8.59. The summed E-state index contributed by atoms with van der Waals surface area (Å²) in [6.45, 7) is 0. The molecule has 0 heterocycles. The maximum atomic E-state index is 10.9. The molecule has 0 aliphatic rings. The van der Waals surface area contributed by atoms with Gasteiger partial charge in [0.15, 0.2) is 5.56 Å². The fourth-order valence-corrected chi connectivity index (χ4v) is 1.21. The number of hydrogen-bond donors (Lipinski definition) is 1. The molecule has 0 saturated heterocycles. The van der Waals surface area contributed by atoms with Crippen molar-refractivity contribution in [3.63, 3.8) is 0 Å². The standard InChI is InChI=1S/C9H9NO6/c1-15-5-3-6(10(13)14)8(9(11)12)7(4-5)16-2/h3-4H,1-2H3,(H,11,12). The molecule has 1 N–H and O–H groups in total. The SMILES string of the molecule is COc1cc(OC)c(C(=O)O)c([N+](=O)[O-])c1. The summed E-state index contributed by atoms with van der Waals surface area (Å²) in [7, 11) is 2.55. The molecule has 1 aromatic carbocycles. The molecule has 0 fully saturated rings. The number of benzene rings is 1. The molecule has 0 aliphatic carbocycles. The van der Waals surface area contributed by atoms with Crippen LogP contribution in [0.15, 0.2) is 12.1 Å². The molecule has 0 saturated carbocycles. The monoisotopic (exact) mass is 227 g/mol. The second-order valence-electron chi connectivity index (χ2n) is 2.79. The normalized spacial score (nSPS) is 9.62. The summed E-state index contributed by atoms with van der Waals surface area (Å²) < 4.78 is 9.58. The van der Waals surface area contributed by atoms with E-state index in [1.54, 1.807) is 0 Å². The Labute approximate surface area is 90.4 Å². The molecule has 0 spiro atoms. The number of nitro benzene ring substituents is 1. The predicted molar refractivity (Wildman–Crippen MR) is 53.2 cm³/mol. The molecular weight excluding hydrogens is 218 g/mol. The molecule has 0 amide bonds. The zero-order valence-corrected chi connectivity index (χ0v) is 8.59. The topological polar surface area (TPSA) is 98.9 Å². The second-order valence-corrected chi connectivity index (χ2v) is 2.79. The van der Waals surface area contributed by atoms with Gasteiger partial charge in [-0.05, 0) is 0 Å². The van der Waals surface area contributed by atoms with Gasteiger partial charge in [-0.3, -0.25) is 10.1 Å². The van der Waals surface area contributed by atoms with Crippen LogP contribution in [0.4, 0.5) is 5.69 Å². The summed E-state index contributed by atoms with van der Waals surface area (Å²) in [4.78, 5) is 20.8. The molecule has 0 atom stereocenters. The van der Waals surface area contributed by atoms with Gasteiger partial charge < -0.3 is 14.6 Å². The average molecular weight is 227 g/mol. The fraction of sp³-hybridized carbons (Fsp3) is 0.222. The van der Waals surface area contributed by atoms with Gasteiger partial charge in [0.05, 0.1) is 25.2 Å². The number of ether oxygens (including phenoxy) is 2. The molecule has 16 heavy (non-hydrogen) atoms. The first kappa shape index (κ1) is 11.8. The highest BCUT2D eigenvalue weighted by Crippen LogP contribution is 2.33. The van der Waals surface area contributed by atoms with Crippen molar-refractivity contribution in [3.05, 3.63) is 27.8 Å². The van der Waals surface area contributed by atoms with Crippen LogP contribution in [0.25, 0.3) is 0 Å². The lowest BCUT2D eigenvalue weighted by molar-refractivity contribution is -0.385. The third-order valence-electron chi connectivity index (χ3n) is 1.92. The van der Waals surface area contributed by atoms with E-state index in [0.717, 1.165) is 6.07 Å². The van der Waals surface area contributed by atoms with Crippen molar-refractivity contribution in [3.8, 4) is 11.5 Å². The predicted octanol–water partition coefficient (Wildman–Crippen LogP) is 1.31. The Hall–Kier alpha value is -2.31. The van der Waals surface area contributed by atoms with Crippen LogP contribution in [-0.2, 0) is 0 Å². The summed E-state index contributed by atoms with van der Waals surface area (Å²) in [5.74, 6) is -1.38. The summed E-state index contributed by atoms with van der Waals surface area (Å²) in [6.07, 6.45) is 0. The molecule has 7 heteroatoms. The highest BCUT2D eigenvalue weighted by molar-refractivity contribution is 5.96. The highest BCUT2D eigenvalue weighted by atomic mass is 16.6. The van der Waals surface area contributed by atoms with Gasteiger partial charge in [-0.15, -0.1) is 0 Å².